The quantitative estimate of drug-likeness (QED) is 0.922. The van der Waals surface area contributed by atoms with Crippen LogP contribution in [0.25, 0.3) is 0 Å². The van der Waals surface area contributed by atoms with Gasteiger partial charge < -0.3 is 4.52 Å². The molecule has 0 fully saturated rings. The second-order valence-corrected chi connectivity index (χ2v) is 6.00. The largest absolute Gasteiger partial charge is 0.337 e. The summed E-state index contributed by atoms with van der Waals surface area (Å²) >= 11 is 0. The first-order valence-corrected chi connectivity index (χ1v) is 6.81. The molecule has 0 amide bonds. The Morgan fingerprint density at radius 2 is 2.14 bits per heavy atom. The number of aromatic amines is 1. The molecule has 0 aromatic carbocycles. The third-order valence-corrected chi connectivity index (χ3v) is 3.15. The summed E-state index contributed by atoms with van der Waals surface area (Å²) in [6.07, 6.45) is 0.754. The van der Waals surface area contributed by atoms with Gasteiger partial charge in [0, 0.05) is 23.1 Å². The highest BCUT2D eigenvalue weighted by atomic mass is 16.5. The third kappa shape index (κ3) is 3.21. The lowest BCUT2D eigenvalue weighted by molar-refractivity contribution is 0.360. The lowest BCUT2D eigenvalue weighted by Gasteiger charge is -2.17. The van der Waals surface area contributed by atoms with Crippen molar-refractivity contribution in [2.45, 2.75) is 52.5 Å². The number of hydrogen-bond acceptors (Lipinski definition) is 5. The van der Waals surface area contributed by atoms with Gasteiger partial charge in [-0.25, -0.2) is 4.68 Å². The van der Waals surface area contributed by atoms with Crippen LogP contribution in [0.1, 0.15) is 50.2 Å². The number of nitrogens with one attached hydrogen (secondary N) is 1. The van der Waals surface area contributed by atoms with Gasteiger partial charge in [0.25, 0.3) is 5.56 Å². The summed E-state index contributed by atoms with van der Waals surface area (Å²) in [5.74, 6) is 0.911. The van der Waals surface area contributed by atoms with E-state index in [0.717, 1.165) is 5.69 Å². The van der Waals surface area contributed by atoms with Crippen LogP contribution in [0.3, 0.4) is 0 Å². The van der Waals surface area contributed by atoms with Crippen molar-refractivity contribution in [3.8, 4) is 6.07 Å². The van der Waals surface area contributed by atoms with Gasteiger partial charge in [0.2, 0.25) is 5.89 Å². The van der Waals surface area contributed by atoms with Gasteiger partial charge in [-0.2, -0.15) is 10.2 Å². The van der Waals surface area contributed by atoms with Crippen LogP contribution in [0.4, 0.5) is 0 Å². The number of hydrogen-bond donors (Lipinski definition) is 1. The molecular formula is C14H19N5O2. The van der Waals surface area contributed by atoms with Gasteiger partial charge in [0.05, 0.1) is 6.07 Å². The summed E-state index contributed by atoms with van der Waals surface area (Å²) in [6.45, 7) is 8.00. The molecule has 2 aromatic heterocycles. The SMILES string of the molecule is Cc1noc(Cn2[nH]c(C(C)(C)C)c(CCC#N)c2=O)n1. The van der Waals surface area contributed by atoms with E-state index in [1.807, 2.05) is 20.8 Å². The molecule has 112 valence electrons. The molecule has 2 heterocycles. The average Bonchev–Trinajstić information content (AvgIpc) is 2.93. The predicted octanol–water partition coefficient (Wildman–Crippen LogP) is 1.67. The van der Waals surface area contributed by atoms with Crippen LogP contribution in [0.2, 0.25) is 0 Å². The topological polar surface area (TPSA) is 100 Å². The van der Waals surface area contributed by atoms with Gasteiger partial charge in [0.1, 0.15) is 6.54 Å². The Morgan fingerprint density at radius 1 is 1.43 bits per heavy atom. The molecule has 0 spiro atoms. The van der Waals surface area contributed by atoms with Crippen LogP contribution in [0, 0.1) is 18.3 Å². The van der Waals surface area contributed by atoms with E-state index in [0.29, 0.717) is 30.1 Å². The lowest BCUT2D eigenvalue weighted by Crippen LogP contribution is -2.20. The van der Waals surface area contributed by atoms with Crippen molar-refractivity contribution in [2.24, 2.45) is 0 Å². The van der Waals surface area contributed by atoms with Crippen LogP contribution in [-0.2, 0) is 18.4 Å². The summed E-state index contributed by atoms with van der Waals surface area (Å²) in [5.41, 5.74) is 1.16. The van der Waals surface area contributed by atoms with E-state index in [1.54, 1.807) is 6.92 Å². The zero-order valence-corrected chi connectivity index (χ0v) is 12.7. The van der Waals surface area contributed by atoms with Crippen molar-refractivity contribution in [2.75, 3.05) is 0 Å². The normalized spacial score (nSPS) is 11.6. The lowest BCUT2D eigenvalue weighted by atomic mass is 9.88. The Hall–Kier alpha value is -2.36. The molecule has 7 heteroatoms. The fourth-order valence-electron chi connectivity index (χ4n) is 2.21. The van der Waals surface area contributed by atoms with E-state index in [-0.39, 0.29) is 17.5 Å². The molecule has 1 N–H and O–H groups in total. The summed E-state index contributed by atoms with van der Waals surface area (Å²) in [7, 11) is 0. The first kappa shape index (κ1) is 15.0. The maximum atomic E-state index is 12.5. The van der Waals surface area contributed by atoms with Crippen LogP contribution in [0.15, 0.2) is 9.32 Å². The van der Waals surface area contributed by atoms with Crippen LogP contribution in [-0.4, -0.2) is 19.9 Å². The van der Waals surface area contributed by atoms with Gasteiger partial charge in [-0.1, -0.05) is 25.9 Å². The molecule has 0 unspecified atom stereocenters. The smallest absolute Gasteiger partial charge is 0.270 e. The molecule has 0 radical (unpaired) electrons. The monoisotopic (exact) mass is 289 g/mol. The van der Waals surface area contributed by atoms with Crippen molar-refractivity contribution in [3.63, 3.8) is 0 Å². The Kier molecular flexibility index (Phi) is 3.98. The Balaban J connectivity index is 2.41. The Morgan fingerprint density at radius 3 is 2.67 bits per heavy atom. The molecule has 0 atom stereocenters. The number of nitriles is 1. The maximum absolute atomic E-state index is 12.5. The minimum atomic E-state index is -0.208. The highest BCUT2D eigenvalue weighted by Gasteiger charge is 2.24. The molecule has 21 heavy (non-hydrogen) atoms. The van der Waals surface area contributed by atoms with Gasteiger partial charge in [-0.05, 0) is 13.3 Å². The highest BCUT2D eigenvalue weighted by Crippen LogP contribution is 2.23. The van der Waals surface area contributed by atoms with Crippen molar-refractivity contribution < 1.29 is 4.52 Å². The molecule has 0 aliphatic heterocycles. The Bertz CT molecular complexity index is 724. The molecule has 0 bridgehead atoms. The molecular weight excluding hydrogens is 270 g/mol. The van der Waals surface area contributed by atoms with E-state index >= 15 is 0 Å². The molecule has 0 aliphatic rings. The molecule has 2 aromatic rings. The number of nitrogens with zero attached hydrogens (tertiary/aromatic N) is 4. The van der Waals surface area contributed by atoms with Crippen molar-refractivity contribution in [3.05, 3.63) is 33.3 Å². The Labute approximate surface area is 122 Å². The maximum Gasteiger partial charge on any atom is 0.270 e. The summed E-state index contributed by atoms with van der Waals surface area (Å²) in [4.78, 5) is 16.6. The van der Waals surface area contributed by atoms with Crippen LogP contribution in [0.5, 0.6) is 0 Å². The minimum Gasteiger partial charge on any atom is -0.337 e. The van der Waals surface area contributed by atoms with Gasteiger partial charge >= 0.3 is 0 Å². The fourth-order valence-corrected chi connectivity index (χ4v) is 2.21. The number of aryl methyl sites for hydroxylation is 1. The van der Waals surface area contributed by atoms with Gasteiger partial charge in [-0.3, -0.25) is 9.89 Å². The molecule has 0 saturated carbocycles. The molecule has 0 aliphatic carbocycles. The second-order valence-electron chi connectivity index (χ2n) is 6.00. The molecule has 2 rings (SSSR count). The third-order valence-electron chi connectivity index (χ3n) is 3.15. The number of aromatic nitrogens is 4. The van der Waals surface area contributed by atoms with E-state index in [1.165, 1.54) is 4.68 Å². The molecule has 0 saturated heterocycles. The summed E-state index contributed by atoms with van der Waals surface area (Å²) < 4.78 is 6.50. The highest BCUT2D eigenvalue weighted by molar-refractivity contribution is 5.25. The van der Waals surface area contributed by atoms with E-state index in [4.69, 9.17) is 9.78 Å². The first-order valence-electron chi connectivity index (χ1n) is 6.81. The van der Waals surface area contributed by atoms with Crippen LogP contribution >= 0.6 is 0 Å². The zero-order valence-electron chi connectivity index (χ0n) is 12.7. The van der Waals surface area contributed by atoms with E-state index < -0.39 is 0 Å². The average molecular weight is 289 g/mol. The fraction of sp³-hybridized carbons (Fsp3) is 0.571. The molecule has 7 nitrogen and oxygen atoms in total. The van der Waals surface area contributed by atoms with E-state index in [9.17, 15) is 4.79 Å². The summed E-state index contributed by atoms with van der Waals surface area (Å²) in [6, 6.07) is 2.08. The second kappa shape index (κ2) is 5.56. The van der Waals surface area contributed by atoms with Gasteiger partial charge in [0.15, 0.2) is 5.82 Å². The zero-order chi connectivity index (χ0) is 15.6. The summed E-state index contributed by atoms with van der Waals surface area (Å²) in [5, 5.41) is 15.6. The number of rotatable bonds is 4. The standard InChI is InChI=1S/C14H19N5O2/c1-9-16-11(21-18-9)8-19-13(20)10(6-5-7-15)12(17-19)14(2,3)4/h17H,5-6,8H2,1-4H3. The van der Waals surface area contributed by atoms with Crippen molar-refractivity contribution in [1.29, 1.82) is 5.26 Å². The van der Waals surface area contributed by atoms with Crippen molar-refractivity contribution in [1.82, 2.24) is 19.9 Å². The predicted molar refractivity (Wildman–Crippen MR) is 75.8 cm³/mol. The minimum absolute atomic E-state index is 0.133. The van der Waals surface area contributed by atoms with Crippen LogP contribution < -0.4 is 5.56 Å². The van der Waals surface area contributed by atoms with E-state index in [2.05, 4.69) is 21.3 Å². The van der Waals surface area contributed by atoms with Gasteiger partial charge in [-0.15, -0.1) is 0 Å². The van der Waals surface area contributed by atoms with Crippen molar-refractivity contribution >= 4 is 0 Å². The number of H-pyrrole nitrogens is 1. The first-order chi connectivity index (χ1) is 9.82.